The second-order valence-corrected chi connectivity index (χ2v) is 7.57. The number of piperazine rings is 1. The minimum atomic E-state index is -0.424. The van der Waals surface area contributed by atoms with Crippen molar-refractivity contribution in [3.63, 3.8) is 0 Å². The van der Waals surface area contributed by atoms with Gasteiger partial charge in [0, 0.05) is 31.2 Å². The zero-order valence-corrected chi connectivity index (χ0v) is 17.6. The Balaban J connectivity index is 1.54. The SMILES string of the molecule is COc1ccc(Cl)cc1N1CCN(C(=O)c2cc(C)nn2-c2ccccc2F)CC1. The summed E-state index contributed by atoms with van der Waals surface area (Å²) >= 11 is 6.16. The maximum Gasteiger partial charge on any atom is 0.272 e. The van der Waals surface area contributed by atoms with Gasteiger partial charge in [-0.05, 0) is 43.3 Å². The highest BCUT2D eigenvalue weighted by Gasteiger charge is 2.27. The van der Waals surface area contributed by atoms with Crippen LogP contribution in [0.25, 0.3) is 5.69 Å². The van der Waals surface area contributed by atoms with E-state index in [1.54, 1.807) is 49.3 Å². The number of nitrogens with zero attached hydrogens (tertiary/aromatic N) is 4. The summed E-state index contributed by atoms with van der Waals surface area (Å²) in [5.74, 6) is 0.150. The Bertz CT molecular complexity index is 1080. The summed E-state index contributed by atoms with van der Waals surface area (Å²) < 4.78 is 21.1. The molecule has 0 bridgehead atoms. The number of methoxy groups -OCH3 is 1. The number of anilines is 1. The molecule has 1 fully saturated rings. The van der Waals surface area contributed by atoms with E-state index in [9.17, 15) is 9.18 Å². The summed E-state index contributed by atoms with van der Waals surface area (Å²) in [7, 11) is 1.62. The fraction of sp³-hybridized carbons (Fsp3) is 0.273. The third kappa shape index (κ3) is 3.85. The third-order valence-electron chi connectivity index (χ3n) is 5.18. The molecule has 1 amide bonds. The fourth-order valence-electron chi connectivity index (χ4n) is 3.68. The Kier molecular flexibility index (Phi) is 5.63. The van der Waals surface area contributed by atoms with Gasteiger partial charge in [0.25, 0.3) is 5.91 Å². The predicted octanol–water partition coefficient (Wildman–Crippen LogP) is 3.94. The van der Waals surface area contributed by atoms with Gasteiger partial charge in [0.05, 0.1) is 18.5 Å². The topological polar surface area (TPSA) is 50.6 Å². The number of carbonyl (C=O) groups excluding carboxylic acids is 1. The number of hydrogen-bond acceptors (Lipinski definition) is 4. The van der Waals surface area contributed by atoms with E-state index < -0.39 is 5.82 Å². The van der Waals surface area contributed by atoms with Crippen molar-refractivity contribution < 1.29 is 13.9 Å². The number of amides is 1. The molecule has 8 heteroatoms. The number of ether oxygens (including phenoxy) is 1. The zero-order chi connectivity index (χ0) is 21.3. The molecule has 0 N–H and O–H groups in total. The van der Waals surface area contributed by atoms with Gasteiger partial charge in [-0.3, -0.25) is 4.79 Å². The molecule has 1 aromatic heterocycles. The average molecular weight is 429 g/mol. The summed E-state index contributed by atoms with van der Waals surface area (Å²) in [6, 6.07) is 13.5. The molecule has 1 aliphatic rings. The van der Waals surface area contributed by atoms with Gasteiger partial charge >= 0.3 is 0 Å². The molecule has 156 valence electrons. The molecule has 0 aliphatic carbocycles. The standard InChI is InChI=1S/C22H22ClFN4O2/c1-15-13-20(28(25-15)18-6-4-3-5-17(18)24)22(29)27-11-9-26(10-12-27)19-14-16(23)7-8-21(19)30-2/h3-8,13-14H,9-12H2,1-2H3. The number of aromatic nitrogens is 2. The largest absolute Gasteiger partial charge is 0.495 e. The first kappa shape index (κ1) is 20.2. The summed E-state index contributed by atoms with van der Waals surface area (Å²) in [5, 5.41) is 4.97. The molecule has 1 saturated heterocycles. The predicted molar refractivity (Wildman–Crippen MR) is 114 cm³/mol. The van der Waals surface area contributed by atoms with Crippen LogP contribution in [0.4, 0.5) is 10.1 Å². The quantitative estimate of drug-likeness (QED) is 0.631. The van der Waals surface area contributed by atoms with Crippen molar-refractivity contribution in [2.75, 3.05) is 38.2 Å². The monoisotopic (exact) mass is 428 g/mol. The number of rotatable bonds is 4. The van der Waals surface area contributed by atoms with E-state index in [4.69, 9.17) is 16.3 Å². The number of para-hydroxylation sites is 1. The molecule has 0 unspecified atom stereocenters. The molecule has 0 spiro atoms. The molecule has 30 heavy (non-hydrogen) atoms. The molecule has 6 nitrogen and oxygen atoms in total. The number of hydrogen-bond donors (Lipinski definition) is 0. The highest BCUT2D eigenvalue weighted by Crippen LogP contribution is 2.32. The Morgan fingerprint density at radius 1 is 1.07 bits per heavy atom. The van der Waals surface area contributed by atoms with E-state index in [0.717, 1.165) is 11.4 Å². The van der Waals surface area contributed by atoms with Crippen LogP contribution in [0.3, 0.4) is 0 Å². The van der Waals surface area contributed by atoms with Crippen LogP contribution in [0, 0.1) is 12.7 Å². The Labute approximate surface area is 179 Å². The highest BCUT2D eigenvalue weighted by molar-refractivity contribution is 6.30. The van der Waals surface area contributed by atoms with Crippen molar-refractivity contribution in [2.45, 2.75) is 6.92 Å². The van der Waals surface area contributed by atoms with E-state index in [1.807, 2.05) is 12.1 Å². The molecule has 2 aromatic carbocycles. The first-order valence-corrected chi connectivity index (χ1v) is 10.0. The molecule has 0 radical (unpaired) electrons. The van der Waals surface area contributed by atoms with Crippen molar-refractivity contribution in [1.29, 1.82) is 0 Å². The second kappa shape index (κ2) is 8.36. The number of carbonyl (C=O) groups is 1. The summed E-state index contributed by atoms with van der Waals surface area (Å²) in [6.45, 7) is 4.11. The van der Waals surface area contributed by atoms with Crippen molar-refractivity contribution in [1.82, 2.24) is 14.7 Å². The van der Waals surface area contributed by atoms with Crippen molar-refractivity contribution in [3.05, 3.63) is 70.8 Å². The van der Waals surface area contributed by atoms with E-state index >= 15 is 0 Å². The van der Waals surface area contributed by atoms with E-state index in [1.165, 1.54) is 10.7 Å². The molecule has 0 saturated carbocycles. The van der Waals surface area contributed by atoms with Crippen molar-refractivity contribution in [3.8, 4) is 11.4 Å². The molecule has 4 rings (SSSR count). The van der Waals surface area contributed by atoms with Crippen LogP contribution < -0.4 is 9.64 Å². The summed E-state index contributed by atoms with van der Waals surface area (Å²) in [5.41, 5.74) is 2.18. The minimum absolute atomic E-state index is 0.170. The first-order chi connectivity index (χ1) is 14.5. The number of aryl methyl sites for hydroxylation is 1. The van der Waals surface area contributed by atoms with Gasteiger partial charge in [0.1, 0.15) is 22.9 Å². The molecule has 1 aliphatic heterocycles. The summed E-state index contributed by atoms with van der Waals surface area (Å²) in [6.07, 6.45) is 0. The van der Waals surface area contributed by atoms with Crippen molar-refractivity contribution in [2.24, 2.45) is 0 Å². The smallest absolute Gasteiger partial charge is 0.272 e. The van der Waals surface area contributed by atoms with Crippen LogP contribution in [-0.2, 0) is 0 Å². The Morgan fingerprint density at radius 3 is 2.50 bits per heavy atom. The minimum Gasteiger partial charge on any atom is -0.495 e. The molecule has 2 heterocycles. The fourth-order valence-corrected chi connectivity index (χ4v) is 3.85. The van der Waals surface area contributed by atoms with Crippen LogP contribution >= 0.6 is 11.6 Å². The van der Waals surface area contributed by atoms with Gasteiger partial charge in [-0.2, -0.15) is 5.10 Å². The van der Waals surface area contributed by atoms with Crippen LogP contribution in [0.5, 0.6) is 5.75 Å². The molecule has 3 aromatic rings. The molecular weight excluding hydrogens is 407 g/mol. The average Bonchev–Trinajstić information content (AvgIpc) is 3.15. The van der Waals surface area contributed by atoms with Crippen LogP contribution in [0.2, 0.25) is 5.02 Å². The van der Waals surface area contributed by atoms with E-state index in [2.05, 4.69) is 10.00 Å². The Morgan fingerprint density at radius 2 is 1.80 bits per heavy atom. The second-order valence-electron chi connectivity index (χ2n) is 7.13. The van der Waals surface area contributed by atoms with Gasteiger partial charge in [-0.15, -0.1) is 0 Å². The van der Waals surface area contributed by atoms with Gasteiger partial charge in [0.2, 0.25) is 0 Å². The van der Waals surface area contributed by atoms with Gasteiger partial charge < -0.3 is 14.5 Å². The molecular formula is C22H22ClFN4O2. The van der Waals surface area contributed by atoms with E-state index in [-0.39, 0.29) is 11.6 Å². The van der Waals surface area contributed by atoms with E-state index in [0.29, 0.717) is 42.6 Å². The van der Waals surface area contributed by atoms with Gasteiger partial charge in [-0.1, -0.05) is 23.7 Å². The first-order valence-electron chi connectivity index (χ1n) is 9.67. The zero-order valence-electron chi connectivity index (χ0n) is 16.8. The van der Waals surface area contributed by atoms with Crippen LogP contribution in [-0.4, -0.2) is 53.9 Å². The lowest BCUT2D eigenvalue weighted by Gasteiger charge is -2.36. The summed E-state index contributed by atoms with van der Waals surface area (Å²) in [4.78, 5) is 17.1. The van der Waals surface area contributed by atoms with Crippen LogP contribution in [0.15, 0.2) is 48.5 Å². The third-order valence-corrected chi connectivity index (χ3v) is 5.41. The van der Waals surface area contributed by atoms with Crippen LogP contribution in [0.1, 0.15) is 16.2 Å². The van der Waals surface area contributed by atoms with Gasteiger partial charge in [0.15, 0.2) is 0 Å². The maximum atomic E-state index is 14.3. The lowest BCUT2D eigenvalue weighted by molar-refractivity contribution is 0.0737. The maximum absolute atomic E-state index is 14.3. The Hall–Kier alpha value is -3.06. The van der Waals surface area contributed by atoms with Crippen molar-refractivity contribution >= 4 is 23.2 Å². The lowest BCUT2D eigenvalue weighted by Crippen LogP contribution is -2.49. The molecule has 0 atom stereocenters. The lowest BCUT2D eigenvalue weighted by atomic mass is 10.2. The van der Waals surface area contributed by atoms with Gasteiger partial charge in [-0.25, -0.2) is 9.07 Å². The normalized spacial score (nSPS) is 14.1. The highest BCUT2D eigenvalue weighted by atomic mass is 35.5. The number of benzene rings is 2. The number of halogens is 2.